The molecule has 1 heterocycles. The summed E-state index contributed by atoms with van der Waals surface area (Å²) in [5.74, 6) is -1.26. The van der Waals surface area contributed by atoms with Crippen molar-refractivity contribution in [2.24, 2.45) is 0 Å². The van der Waals surface area contributed by atoms with Crippen molar-refractivity contribution in [3.8, 4) is 11.3 Å². The molecule has 4 rings (SSSR count). The molecule has 0 saturated heterocycles. The van der Waals surface area contributed by atoms with Crippen LogP contribution in [0.15, 0.2) is 83.1 Å². The molecule has 0 bridgehead atoms. The lowest BCUT2D eigenvalue weighted by Gasteiger charge is -2.14. The molecular formula is C26H21F2N3O2S2. The molecule has 9 heteroatoms. The molecule has 0 radical (unpaired) electrons. The second-order valence-corrected chi connectivity index (χ2v) is 9.67. The number of amides is 2. The van der Waals surface area contributed by atoms with Gasteiger partial charge in [-0.1, -0.05) is 13.0 Å². The highest BCUT2D eigenvalue weighted by atomic mass is 32.2. The number of nitrogens with one attached hydrogen (secondary N) is 2. The summed E-state index contributed by atoms with van der Waals surface area (Å²) in [5.41, 5.74) is 2.35. The molecule has 0 aliphatic rings. The van der Waals surface area contributed by atoms with Gasteiger partial charge < -0.3 is 10.6 Å². The van der Waals surface area contributed by atoms with Crippen LogP contribution in [-0.4, -0.2) is 22.0 Å². The average molecular weight is 510 g/mol. The van der Waals surface area contributed by atoms with Gasteiger partial charge in [0.05, 0.1) is 10.9 Å². The summed E-state index contributed by atoms with van der Waals surface area (Å²) in [6.45, 7) is 1.92. The predicted octanol–water partition coefficient (Wildman–Crippen LogP) is 6.85. The summed E-state index contributed by atoms with van der Waals surface area (Å²) >= 11 is 2.68. The highest BCUT2D eigenvalue weighted by Gasteiger charge is 2.20. The fraction of sp³-hybridized carbons (Fsp3) is 0.115. The van der Waals surface area contributed by atoms with E-state index in [1.54, 1.807) is 30.3 Å². The number of carbonyl (C=O) groups is 2. The van der Waals surface area contributed by atoms with E-state index in [1.165, 1.54) is 59.5 Å². The van der Waals surface area contributed by atoms with Gasteiger partial charge >= 0.3 is 0 Å². The van der Waals surface area contributed by atoms with Gasteiger partial charge in [0.25, 0.3) is 5.91 Å². The molecule has 3 aromatic carbocycles. The van der Waals surface area contributed by atoms with Crippen LogP contribution in [0.1, 0.15) is 23.7 Å². The van der Waals surface area contributed by atoms with Crippen LogP contribution in [-0.2, 0) is 4.79 Å². The zero-order valence-corrected chi connectivity index (χ0v) is 20.3. The van der Waals surface area contributed by atoms with Gasteiger partial charge in [0.1, 0.15) is 11.6 Å². The first-order chi connectivity index (χ1) is 16.9. The van der Waals surface area contributed by atoms with Gasteiger partial charge in [-0.15, -0.1) is 23.1 Å². The number of thiazole rings is 1. The Kier molecular flexibility index (Phi) is 7.89. The van der Waals surface area contributed by atoms with Gasteiger partial charge in [-0.2, -0.15) is 0 Å². The van der Waals surface area contributed by atoms with E-state index in [0.29, 0.717) is 28.5 Å². The topological polar surface area (TPSA) is 71.1 Å². The van der Waals surface area contributed by atoms with E-state index in [1.807, 2.05) is 18.4 Å². The zero-order valence-electron chi connectivity index (χ0n) is 18.6. The maximum atomic E-state index is 13.2. The second-order valence-electron chi connectivity index (χ2n) is 7.54. The molecule has 4 aromatic rings. The Morgan fingerprint density at radius 3 is 2.34 bits per heavy atom. The fourth-order valence-electron chi connectivity index (χ4n) is 3.21. The summed E-state index contributed by atoms with van der Waals surface area (Å²) in [6.07, 6.45) is 0.582. The van der Waals surface area contributed by atoms with Gasteiger partial charge in [-0.3, -0.25) is 9.59 Å². The fourth-order valence-corrected chi connectivity index (χ4v) is 4.94. The Hall–Kier alpha value is -3.56. The number of aromatic nitrogens is 1. The minimum absolute atomic E-state index is 0.182. The van der Waals surface area contributed by atoms with Crippen molar-refractivity contribution < 1.29 is 18.4 Å². The number of benzene rings is 3. The minimum atomic E-state index is -0.409. The van der Waals surface area contributed by atoms with Crippen LogP contribution < -0.4 is 10.6 Å². The summed E-state index contributed by atoms with van der Waals surface area (Å²) < 4.78 is 26.3. The summed E-state index contributed by atoms with van der Waals surface area (Å²) in [4.78, 5) is 30.6. The van der Waals surface area contributed by atoms with Crippen molar-refractivity contribution in [2.45, 2.75) is 23.5 Å². The summed E-state index contributed by atoms with van der Waals surface area (Å²) in [7, 11) is 0. The molecular weight excluding hydrogens is 488 g/mol. The van der Waals surface area contributed by atoms with E-state index in [0.717, 1.165) is 10.5 Å². The number of halogens is 2. The van der Waals surface area contributed by atoms with Gasteiger partial charge in [0, 0.05) is 27.1 Å². The van der Waals surface area contributed by atoms with Crippen LogP contribution in [0.25, 0.3) is 11.3 Å². The van der Waals surface area contributed by atoms with Crippen molar-refractivity contribution in [1.29, 1.82) is 0 Å². The maximum absolute atomic E-state index is 13.2. The third kappa shape index (κ3) is 6.52. The Bertz CT molecular complexity index is 1330. The van der Waals surface area contributed by atoms with Crippen LogP contribution >= 0.6 is 23.1 Å². The molecule has 35 heavy (non-hydrogen) atoms. The maximum Gasteiger partial charge on any atom is 0.255 e. The number of thioether (sulfide) groups is 1. The van der Waals surface area contributed by atoms with Crippen LogP contribution in [0.4, 0.5) is 19.6 Å². The molecule has 0 fully saturated rings. The highest BCUT2D eigenvalue weighted by molar-refractivity contribution is 8.00. The van der Waals surface area contributed by atoms with Gasteiger partial charge in [-0.25, -0.2) is 13.8 Å². The molecule has 0 spiro atoms. The third-order valence-corrected chi connectivity index (χ3v) is 7.13. The Balaban J connectivity index is 1.39. The first kappa shape index (κ1) is 24.6. The van der Waals surface area contributed by atoms with Crippen molar-refractivity contribution in [3.63, 3.8) is 0 Å². The van der Waals surface area contributed by atoms with Crippen LogP contribution in [0.5, 0.6) is 0 Å². The normalized spacial score (nSPS) is 11.6. The van der Waals surface area contributed by atoms with E-state index in [4.69, 9.17) is 0 Å². The van der Waals surface area contributed by atoms with E-state index in [2.05, 4.69) is 15.6 Å². The highest BCUT2D eigenvalue weighted by Crippen LogP contribution is 2.30. The molecule has 0 saturated carbocycles. The lowest BCUT2D eigenvalue weighted by molar-refractivity contribution is -0.115. The lowest BCUT2D eigenvalue weighted by Crippen LogP contribution is -2.24. The molecule has 1 aromatic heterocycles. The molecule has 0 aliphatic heterocycles. The van der Waals surface area contributed by atoms with Crippen molar-refractivity contribution in [1.82, 2.24) is 4.98 Å². The third-order valence-electron chi connectivity index (χ3n) is 5.01. The first-order valence-electron chi connectivity index (χ1n) is 10.8. The van der Waals surface area contributed by atoms with Gasteiger partial charge in [0.2, 0.25) is 5.91 Å². The number of hydrogen-bond acceptors (Lipinski definition) is 5. The van der Waals surface area contributed by atoms with Crippen LogP contribution in [0.2, 0.25) is 0 Å². The standard InChI is InChI=1S/C26H21F2N3O2S2/c1-2-23(25(33)31-26-30-22(15-34-26)16-6-10-18(27)11-7-16)35-21-5-3-4-20(14-21)29-24(32)17-8-12-19(28)13-9-17/h3-15,23H,2H2,1H3,(H,29,32)(H,30,31,33). The van der Waals surface area contributed by atoms with E-state index in [-0.39, 0.29) is 22.9 Å². The van der Waals surface area contributed by atoms with E-state index >= 15 is 0 Å². The number of anilines is 2. The summed E-state index contributed by atoms with van der Waals surface area (Å²) in [5, 5.41) is 7.55. The molecule has 5 nitrogen and oxygen atoms in total. The molecule has 1 atom stereocenters. The number of carbonyl (C=O) groups excluding carboxylic acids is 2. The molecule has 2 N–H and O–H groups in total. The Morgan fingerprint density at radius 1 is 0.971 bits per heavy atom. The second kappa shape index (κ2) is 11.2. The largest absolute Gasteiger partial charge is 0.322 e. The molecule has 178 valence electrons. The molecule has 1 unspecified atom stereocenters. The lowest BCUT2D eigenvalue weighted by atomic mass is 10.2. The minimum Gasteiger partial charge on any atom is -0.322 e. The number of rotatable bonds is 8. The van der Waals surface area contributed by atoms with Crippen molar-refractivity contribution in [3.05, 3.63) is 95.4 Å². The monoisotopic (exact) mass is 509 g/mol. The van der Waals surface area contributed by atoms with Crippen molar-refractivity contribution in [2.75, 3.05) is 10.6 Å². The van der Waals surface area contributed by atoms with E-state index in [9.17, 15) is 18.4 Å². The molecule has 2 amide bonds. The summed E-state index contributed by atoms with van der Waals surface area (Å²) in [6, 6.07) is 18.5. The number of nitrogens with zero attached hydrogens (tertiary/aromatic N) is 1. The number of hydrogen-bond donors (Lipinski definition) is 2. The SMILES string of the molecule is CCC(Sc1cccc(NC(=O)c2ccc(F)cc2)c1)C(=O)Nc1nc(-c2ccc(F)cc2)cs1. The quantitative estimate of drug-likeness (QED) is 0.255. The smallest absolute Gasteiger partial charge is 0.255 e. The average Bonchev–Trinajstić information content (AvgIpc) is 3.32. The molecule has 0 aliphatic carbocycles. The van der Waals surface area contributed by atoms with Crippen molar-refractivity contribution >= 4 is 45.7 Å². The van der Waals surface area contributed by atoms with Gasteiger partial charge in [0.15, 0.2) is 5.13 Å². The van der Waals surface area contributed by atoms with E-state index < -0.39 is 5.82 Å². The zero-order chi connectivity index (χ0) is 24.8. The first-order valence-corrected chi connectivity index (χ1v) is 12.5. The Morgan fingerprint density at radius 2 is 1.66 bits per heavy atom. The van der Waals surface area contributed by atoms with Gasteiger partial charge in [-0.05, 0) is 73.2 Å². The van der Waals surface area contributed by atoms with Crippen LogP contribution in [0.3, 0.4) is 0 Å². The predicted molar refractivity (Wildman–Crippen MR) is 137 cm³/mol. The Labute approximate surface area is 209 Å². The van der Waals surface area contributed by atoms with Crippen LogP contribution in [0, 0.1) is 11.6 Å².